The van der Waals surface area contributed by atoms with Gasteiger partial charge in [0.1, 0.15) is 11.5 Å². The molecule has 6 heteroatoms. The van der Waals surface area contributed by atoms with Crippen molar-refractivity contribution in [3.63, 3.8) is 0 Å². The summed E-state index contributed by atoms with van der Waals surface area (Å²) in [5, 5.41) is 9.51. The third-order valence-corrected chi connectivity index (χ3v) is 3.67. The van der Waals surface area contributed by atoms with Crippen molar-refractivity contribution in [3.05, 3.63) is 47.2 Å². The number of phenolic OH excluding ortho intramolecular Hbond substituents is 1. The number of carbonyl (C=O) groups excluding carboxylic acids is 1. The summed E-state index contributed by atoms with van der Waals surface area (Å²) in [5.41, 5.74) is 1.01. The van der Waals surface area contributed by atoms with E-state index in [9.17, 15) is 9.90 Å². The van der Waals surface area contributed by atoms with Crippen LogP contribution in [0.4, 0.5) is 0 Å². The van der Waals surface area contributed by atoms with E-state index in [4.69, 9.17) is 18.9 Å². The van der Waals surface area contributed by atoms with E-state index in [1.165, 1.54) is 39.5 Å². The fourth-order valence-electron chi connectivity index (χ4n) is 2.55. The number of hydrogen-bond donors (Lipinski definition) is 1. The maximum absolute atomic E-state index is 12.4. The lowest BCUT2D eigenvalue weighted by Gasteiger charge is -2.14. The minimum absolute atomic E-state index is 0.0338. The molecule has 0 saturated carbocycles. The van der Waals surface area contributed by atoms with Crippen molar-refractivity contribution < 1.29 is 28.8 Å². The molecule has 24 heavy (non-hydrogen) atoms. The number of rotatable bonds is 4. The van der Waals surface area contributed by atoms with E-state index in [1.54, 1.807) is 18.2 Å². The van der Waals surface area contributed by atoms with Gasteiger partial charge in [-0.05, 0) is 30.3 Å². The van der Waals surface area contributed by atoms with Crippen molar-refractivity contribution in [1.29, 1.82) is 0 Å². The molecule has 2 aromatic rings. The Morgan fingerprint density at radius 2 is 1.75 bits per heavy atom. The Labute approximate surface area is 138 Å². The average molecular weight is 328 g/mol. The molecule has 0 unspecified atom stereocenters. The van der Waals surface area contributed by atoms with Crippen LogP contribution in [0.1, 0.15) is 15.9 Å². The van der Waals surface area contributed by atoms with E-state index in [0.29, 0.717) is 34.1 Å². The Kier molecular flexibility index (Phi) is 4.04. The second-order valence-electron chi connectivity index (χ2n) is 5.04. The first-order valence-electron chi connectivity index (χ1n) is 7.15. The molecular weight excluding hydrogens is 312 g/mol. The third-order valence-electron chi connectivity index (χ3n) is 3.67. The van der Waals surface area contributed by atoms with Crippen molar-refractivity contribution >= 4 is 11.9 Å². The summed E-state index contributed by atoms with van der Waals surface area (Å²) >= 11 is 0. The van der Waals surface area contributed by atoms with Gasteiger partial charge in [0.05, 0.1) is 26.9 Å². The van der Waals surface area contributed by atoms with E-state index in [2.05, 4.69) is 0 Å². The number of methoxy groups -OCH3 is 3. The maximum Gasteiger partial charge on any atom is 0.231 e. The quantitative estimate of drug-likeness (QED) is 0.870. The number of hydrogen-bond acceptors (Lipinski definition) is 6. The molecule has 2 aromatic carbocycles. The Hall–Kier alpha value is -3.15. The number of phenols is 1. The van der Waals surface area contributed by atoms with Crippen molar-refractivity contribution in [2.75, 3.05) is 21.3 Å². The van der Waals surface area contributed by atoms with Crippen molar-refractivity contribution in [2.45, 2.75) is 0 Å². The van der Waals surface area contributed by atoms with Gasteiger partial charge in [0.2, 0.25) is 11.5 Å². The lowest BCUT2D eigenvalue weighted by atomic mass is 10.1. The van der Waals surface area contributed by atoms with Crippen LogP contribution >= 0.6 is 0 Å². The zero-order valence-corrected chi connectivity index (χ0v) is 13.5. The van der Waals surface area contributed by atoms with Crippen LogP contribution in [0.3, 0.4) is 0 Å². The Morgan fingerprint density at radius 3 is 2.42 bits per heavy atom. The van der Waals surface area contributed by atoms with Gasteiger partial charge in [-0.15, -0.1) is 0 Å². The first-order chi connectivity index (χ1) is 11.6. The topological polar surface area (TPSA) is 74.2 Å². The van der Waals surface area contributed by atoms with Crippen LogP contribution in [-0.4, -0.2) is 32.2 Å². The van der Waals surface area contributed by atoms with Gasteiger partial charge in [-0.1, -0.05) is 0 Å². The largest absolute Gasteiger partial charge is 0.508 e. The summed E-state index contributed by atoms with van der Waals surface area (Å²) in [6.45, 7) is 0. The highest BCUT2D eigenvalue weighted by Crippen LogP contribution is 2.42. The van der Waals surface area contributed by atoms with E-state index >= 15 is 0 Å². The summed E-state index contributed by atoms with van der Waals surface area (Å²) < 4.78 is 21.5. The highest BCUT2D eigenvalue weighted by atomic mass is 16.5. The highest BCUT2D eigenvalue weighted by Gasteiger charge is 2.28. The van der Waals surface area contributed by atoms with Crippen LogP contribution in [0.15, 0.2) is 36.1 Å². The number of allylic oxidation sites excluding steroid dienone is 1. The van der Waals surface area contributed by atoms with Gasteiger partial charge in [0, 0.05) is 11.6 Å². The summed E-state index contributed by atoms with van der Waals surface area (Å²) in [5.74, 6) is 1.61. The van der Waals surface area contributed by atoms with Gasteiger partial charge in [-0.2, -0.15) is 0 Å². The molecule has 3 rings (SSSR count). The summed E-state index contributed by atoms with van der Waals surface area (Å²) in [4.78, 5) is 12.4. The predicted octanol–water partition coefficient (Wildman–Crippen LogP) is 3.03. The highest BCUT2D eigenvalue weighted by molar-refractivity contribution is 6.14. The average Bonchev–Trinajstić information content (AvgIpc) is 2.89. The third kappa shape index (κ3) is 2.52. The van der Waals surface area contributed by atoms with Crippen LogP contribution in [0.2, 0.25) is 0 Å². The molecule has 0 bridgehead atoms. The molecule has 0 aliphatic carbocycles. The SMILES string of the molecule is COc1ccc(/C=C2\Oc3cc(O)ccc3C2=O)c(OC)c1OC. The van der Waals surface area contributed by atoms with Gasteiger partial charge >= 0.3 is 0 Å². The Morgan fingerprint density at radius 1 is 1.00 bits per heavy atom. The molecule has 0 radical (unpaired) electrons. The van der Waals surface area contributed by atoms with E-state index in [-0.39, 0.29) is 17.3 Å². The number of carbonyl (C=O) groups is 1. The zero-order chi connectivity index (χ0) is 17.3. The molecule has 0 atom stereocenters. The molecule has 0 fully saturated rings. The fourth-order valence-corrected chi connectivity index (χ4v) is 2.55. The molecular formula is C18H16O6. The van der Waals surface area contributed by atoms with Gasteiger partial charge in [-0.3, -0.25) is 4.79 Å². The van der Waals surface area contributed by atoms with Gasteiger partial charge in [0.15, 0.2) is 17.3 Å². The standard InChI is InChI=1S/C18H16O6/c1-21-13-7-4-10(17(22-2)18(13)23-3)8-15-16(20)12-6-5-11(19)9-14(12)24-15/h4-9,19H,1-3H3/b15-8-. The lowest BCUT2D eigenvalue weighted by molar-refractivity contribution is 0.101. The summed E-state index contributed by atoms with van der Waals surface area (Å²) in [6, 6.07) is 7.83. The summed E-state index contributed by atoms with van der Waals surface area (Å²) in [7, 11) is 4.54. The molecule has 0 spiro atoms. The summed E-state index contributed by atoms with van der Waals surface area (Å²) in [6.07, 6.45) is 1.57. The van der Waals surface area contributed by atoms with E-state index in [0.717, 1.165) is 0 Å². The molecule has 0 saturated heterocycles. The number of aromatic hydroxyl groups is 1. The molecule has 6 nitrogen and oxygen atoms in total. The molecule has 124 valence electrons. The number of Topliss-reactive ketones (excluding diaryl/α,β-unsaturated/α-hetero) is 1. The number of ether oxygens (including phenoxy) is 4. The molecule has 0 aromatic heterocycles. The smallest absolute Gasteiger partial charge is 0.231 e. The zero-order valence-electron chi connectivity index (χ0n) is 13.5. The van der Waals surface area contributed by atoms with Crippen molar-refractivity contribution in [3.8, 4) is 28.7 Å². The number of fused-ring (bicyclic) bond motifs is 1. The predicted molar refractivity (Wildman–Crippen MR) is 87.1 cm³/mol. The molecule has 1 aliphatic rings. The molecule has 1 N–H and O–H groups in total. The minimum atomic E-state index is -0.262. The van der Waals surface area contributed by atoms with E-state index < -0.39 is 0 Å². The molecule has 0 amide bonds. The lowest BCUT2D eigenvalue weighted by Crippen LogP contribution is -2.00. The van der Waals surface area contributed by atoms with Gasteiger partial charge in [0.25, 0.3) is 0 Å². The van der Waals surface area contributed by atoms with Gasteiger partial charge in [-0.25, -0.2) is 0 Å². The maximum atomic E-state index is 12.4. The first kappa shape index (κ1) is 15.7. The second kappa shape index (κ2) is 6.16. The van der Waals surface area contributed by atoms with Crippen molar-refractivity contribution in [1.82, 2.24) is 0 Å². The number of benzene rings is 2. The Balaban J connectivity index is 2.06. The number of ketones is 1. The second-order valence-corrected chi connectivity index (χ2v) is 5.04. The van der Waals surface area contributed by atoms with Crippen LogP contribution in [0.25, 0.3) is 6.08 Å². The van der Waals surface area contributed by atoms with Gasteiger partial charge < -0.3 is 24.1 Å². The van der Waals surface area contributed by atoms with Crippen LogP contribution in [-0.2, 0) is 0 Å². The Bertz CT molecular complexity index is 838. The van der Waals surface area contributed by atoms with Crippen LogP contribution in [0, 0.1) is 0 Å². The fraction of sp³-hybridized carbons (Fsp3) is 0.167. The van der Waals surface area contributed by atoms with Crippen LogP contribution < -0.4 is 18.9 Å². The molecule has 1 heterocycles. The molecule has 1 aliphatic heterocycles. The normalized spacial score (nSPS) is 14.3. The first-order valence-corrected chi connectivity index (χ1v) is 7.15. The van der Waals surface area contributed by atoms with Crippen molar-refractivity contribution in [2.24, 2.45) is 0 Å². The monoisotopic (exact) mass is 328 g/mol. The minimum Gasteiger partial charge on any atom is -0.508 e. The van der Waals surface area contributed by atoms with E-state index in [1.807, 2.05) is 0 Å². The van der Waals surface area contributed by atoms with Crippen LogP contribution in [0.5, 0.6) is 28.7 Å².